The first-order chi connectivity index (χ1) is 11.0. The van der Waals surface area contributed by atoms with Crippen molar-refractivity contribution in [2.75, 3.05) is 0 Å². The van der Waals surface area contributed by atoms with Crippen molar-refractivity contribution >= 4 is 6.21 Å². The molecule has 4 saturated carbocycles. The van der Waals surface area contributed by atoms with E-state index in [2.05, 4.69) is 20.1 Å². The molecule has 0 saturated heterocycles. The first kappa shape index (κ1) is 14.9. The Balaban J connectivity index is 1.46. The van der Waals surface area contributed by atoms with Crippen molar-refractivity contribution in [3.8, 4) is 0 Å². The summed E-state index contributed by atoms with van der Waals surface area (Å²) in [6.45, 7) is 5.02. The van der Waals surface area contributed by atoms with E-state index in [1.54, 1.807) is 0 Å². The summed E-state index contributed by atoms with van der Waals surface area (Å²) in [6.07, 6.45) is 15.2. The molecule has 4 aliphatic carbocycles. The van der Waals surface area contributed by atoms with Gasteiger partial charge in [0.25, 0.3) is 0 Å². The fourth-order valence-electron chi connectivity index (χ4n) is 8.37. The second kappa shape index (κ2) is 4.84. The zero-order valence-electron chi connectivity index (χ0n) is 15.0. The number of rotatable bonds is 0. The summed E-state index contributed by atoms with van der Waals surface area (Å²) in [4.78, 5) is 4.90. The summed E-state index contributed by atoms with van der Waals surface area (Å²) < 4.78 is 0. The maximum Gasteiger partial charge on any atom is 0.0504 e. The third-order valence-corrected chi connectivity index (χ3v) is 9.49. The van der Waals surface area contributed by atoms with Crippen LogP contribution in [-0.4, -0.2) is 18.3 Å². The normalized spacial score (nSPS) is 60.7. The number of nitrogens with zero attached hydrogens (tertiary/aromatic N) is 1. The van der Waals surface area contributed by atoms with E-state index in [9.17, 15) is 0 Å². The highest BCUT2D eigenvalue weighted by Crippen LogP contribution is 2.68. The van der Waals surface area contributed by atoms with Gasteiger partial charge in [-0.05, 0) is 99.7 Å². The van der Waals surface area contributed by atoms with Crippen molar-refractivity contribution in [2.45, 2.75) is 83.7 Å². The molecular weight excluding hydrogens is 280 g/mol. The van der Waals surface area contributed by atoms with Crippen LogP contribution >= 0.6 is 0 Å². The maximum atomic E-state index is 6.32. The van der Waals surface area contributed by atoms with Crippen LogP contribution in [0.15, 0.2) is 4.99 Å². The molecule has 0 aromatic carbocycles. The van der Waals surface area contributed by atoms with Crippen LogP contribution in [0.25, 0.3) is 0 Å². The molecule has 23 heavy (non-hydrogen) atoms. The van der Waals surface area contributed by atoms with Gasteiger partial charge in [0.05, 0.1) is 6.04 Å². The van der Waals surface area contributed by atoms with Gasteiger partial charge in [-0.15, -0.1) is 0 Å². The average molecular weight is 315 g/mol. The summed E-state index contributed by atoms with van der Waals surface area (Å²) in [7, 11) is 0. The Morgan fingerprint density at radius 1 is 0.957 bits per heavy atom. The smallest absolute Gasteiger partial charge is 0.0504 e. The van der Waals surface area contributed by atoms with Crippen LogP contribution in [0.2, 0.25) is 0 Å². The molecule has 2 heteroatoms. The van der Waals surface area contributed by atoms with E-state index < -0.39 is 0 Å². The Morgan fingerprint density at radius 2 is 1.78 bits per heavy atom. The average Bonchev–Trinajstić information content (AvgIpc) is 3.06. The first-order valence-corrected chi connectivity index (χ1v) is 10.3. The molecule has 2 nitrogen and oxygen atoms in total. The first-order valence-electron chi connectivity index (χ1n) is 10.3. The Hall–Kier alpha value is -0.370. The van der Waals surface area contributed by atoms with Crippen molar-refractivity contribution in [2.24, 2.45) is 51.1 Å². The van der Waals surface area contributed by atoms with Gasteiger partial charge in [0.1, 0.15) is 0 Å². The number of hydrogen-bond donors (Lipinski definition) is 1. The van der Waals surface area contributed by atoms with Crippen LogP contribution in [0, 0.1) is 40.4 Å². The Kier molecular flexibility index (Phi) is 3.14. The van der Waals surface area contributed by atoms with Gasteiger partial charge in [-0.1, -0.05) is 6.92 Å². The molecular formula is C21H34N2. The predicted molar refractivity (Wildman–Crippen MR) is 95.5 cm³/mol. The van der Waals surface area contributed by atoms with Gasteiger partial charge in [0.15, 0.2) is 0 Å². The minimum Gasteiger partial charge on any atom is -0.328 e. The molecule has 1 aliphatic heterocycles. The van der Waals surface area contributed by atoms with Gasteiger partial charge >= 0.3 is 0 Å². The van der Waals surface area contributed by atoms with Crippen LogP contribution < -0.4 is 5.73 Å². The van der Waals surface area contributed by atoms with Crippen molar-refractivity contribution in [3.63, 3.8) is 0 Å². The molecule has 1 spiro atoms. The van der Waals surface area contributed by atoms with E-state index in [1.807, 2.05) is 0 Å². The lowest BCUT2D eigenvalue weighted by molar-refractivity contribution is -0.0990. The van der Waals surface area contributed by atoms with Crippen LogP contribution in [-0.2, 0) is 0 Å². The minimum atomic E-state index is 0.484. The third-order valence-electron chi connectivity index (χ3n) is 9.49. The van der Waals surface area contributed by atoms with Crippen LogP contribution in [0.3, 0.4) is 0 Å². The van der Waals surface area contributed by atoms with Gasteiger partial charge in [0, 0.05) is 17.7 Å². The van der Waals surface area contributed by atoms with E-state index in [4.69, 9.17) is 10.7 Å². The lowest BCUT2D eigenvalue weighted by Crippen LogP contribution is -2.55. The van der Waals surface area contributed by atoms with Crippen molar-refractivity contribution in [1.82, 2.24) is 0 Å². The Morgan fingerprint density at radius 3 is 2.65 bits per heavy atom. The molecule has 1 heterocycles. The molecule has 5 rings (SSSR count). The zero-order valence-corrected chi connectivity index (χ0v) is 15.0. The molecule has 128 valence electrons. The van der Waals surface area contributed by atoms with E-state index in [0.717, 1.165) is 29.6 Å². The van der Waals surface area contributed by atoms with Crippen molar-refractivity contribution in [1.29, 1.82) is 0 Å². The number of aliphatic imine (C=N–C) groups is 1. The SMILES string of the molecule is C[C@@H]1N=C[C@]23CC[C@H]4[C@@H](CC[C@H]5C[C@@H](N)CC[C@@]54C)[C@@H]2CC[C@H]13. The fraction of sp³-hybridized carbons (Fsp3) is 0.952. The summed E-state index contributed by atoms with van der Waals surface area (Å²) in [6, 6.07) is 1.08. The fourth-order valence-corrected chi connectivity index (χ4v) is 8.37. The molecule has 9 atom stereocenters. The summed E-state index contributed by atoms with van der Waals surface area (Å²) in [5.41, 5.74) is 7.43. The van der Waals surface area contributed by atoms with E-state index in [1.165, 1.54) is 57.8 Å². The van der Waals surface area contributed by atoms with E-state index in [-0.39, 0.29) is 0 Å². The van der Waals surface area contributed by atoms with Crippen molar-refractivity contribution in [3.05, 3.63) is 0 Å². The quantitative estimate of drug-likeness (QED) is 0.706. The largest absolute Gasteiger partial charge is 0.328 e. The predicted octanol–water partition coefficient (Wildman–Crippen LogP) is 4.43. The summed E-state index contributed by atoms with van der Waals surface area (Å²) >= 11 is 0. The minimum absolute atomic E-state index is 0.484. The molecule has 0 aromatic heterocycles. The van der Waals surface area contributed by atoms with Crippen molar-refractivity contribution < 1.29 is 0 Å². The molecule has 0 amide bonds. The number of fused-ring (bicyclic) bond motifs is 4. The van der Waals surface area contributed by atoms with Crippen LogP contribution in [0.4, 0.5) is 0 Å². The van der Waals surface area contributed by atoms with E-state index >= 15 is 0 Å². The van der Waals surface area contributed by atoms with Gasteiger partial charge in [-0.25, -0.2) is 0 Å². The topological polar surface area (TPSA) is 38.4 Å². The highest BCUT2D eigenvalue weighted by Gasteiger charge is 2.63. The molecule has 0 radical (unpaired) electrons. The second-order valence-electron chi connectivity index (χ2n) is 10.0. The molecule has 5 aliphatic rings. The number of nitrogens with two attached hydrogens (primary N) is 1. The molecule has 0 aromatic rings. The highest BCUT2D eigenvalue weighted by molar-refractivity contribution is 5.71. The number of hydrogen-bond acceptors (Lipinski definition) is 2. The summed E-state index contributed by atoms with van der Waals surface area (Å²) in [5, 5.41) is 0. The third kappa shape index (κ3) is 1.82. The highest BCUT2D eigenvalue weighted by atomic mass is 14.9. The van der Waals surface area contributed by atoms with Gasteiger partial charge in [-0.2, -0.15) is 0 Å². The van der Waals surface area contributed by atoms with Gasteiger partial charge < -0.3 is 5.73 Å². The molecule has 0 unspecified atom stereocenters. The zero-order chi connectivity index (χ0) is 15.8. The van der Waals surface area contributed by atoms with Crippen LogP contribution in [0.1, 0.15) is 71.6 Å². The van der Waals surface area contributed by atoms with Crippen LogP contribution in [0.5, 0.6) is 0 Å². The van der Waals surface area contributed by atoms with Gasteiger partial charge in [-0.3, -0.25) is 4.99 Å². The van der Waals surface area contributed by atoms with E-state index in [0.29, 0.717) is 22.9 Å². The maximum absolute atomic E-state index is 6.32. The standard InChI is InChI=1S/C21H34N2/c1-13-17-5-6-19-16-4-3-14-11-15(22)7-9-20(14,2)18(16)8-10-21(17,19)12-23-13/h12-19H,3-11,22H2,1-2H3/t13-,14-,15-,16+,17+,18-,19-,20-,21-/m0/s1. The Labute approximate surface area is 141 Å². The molecule has 2 N–H and O–H groups in total. The molecule has 0 bridgehead atoms. The lowest BCUT2D eigenvalue weighted by atomic mass is 9.44. The summed E-state index contributed by atoms with van der Waals surface area (Å²) in [5.74, 6) is 4.70. The monoisotopic (exact) mass is 314 g/mol. The second-order valence-corrected chi connectivity index (χ2v) is 10.0. The lowest BCUT2D eigenvalue weighted by Gasteiger charge is -2.60. The molecule has 4 fully saturated rings. The Bertz CT molecular complexity index is 528. The van der Waals surface area contributed by atoms with Gasteiger partial charge in [0.2, 0.25) is 0 Å².